The van der Waals surface area contributed by atoms with Crippen LogP contribution in [-0.4, -0.2) is 0 Å². The molecule has 0 heterocycles. The smallest absolute Gasteiger partial charge is 0.00949 e. The average Bonchev–Trinajstić information content (AvgIpc) is 3.51. The van der Waals surface area contributed by atoms with Gasteiger partial charge in [0.15, 0.2) is 0 Å². The van der Waals surface area contributed by atoms with E-state index in [4.69, 9.17) is 0 Å². The molecule has 0 N–H and O–H groups in total. The predicted octanol–water partition coefficient (Wildman–Crippen LogP) is 10.4. The lowest BCUT2D eigenvalue weighted by Crippen LogP contribution is -2.24. The topological polar surface area (TPSA) is 0 Å². The number of rotatable bonds is 3. The number of benzene rings is 1. The van der Waals surface area contributed by atoms with Crippen molar-refractivity contribution in [1.82, 2.24) is 0 Å². The van der Waals surface area contributed by atoms with Gasteiger partial charge in [-0.05, 0) is 124 Å². The van der Waals surface area contributed by atoms with E-state index < -0.39 is 0 Å². The minimum atomic E-state index is 0.666. The van der Waals surface area contributed by atoms with Gasteiger partial charge < -0.3 is 0 Å². The molecule has 0 nitrogen and oxygen atoms in total. The van der Waals surface area contributed by atoms with Crippen molar-refractivity contribution in [3.05, 3.63) is 99.7 Å². The molecule has 1 aromatic carbocycles. The standard InChI is InChI=1S/C38H44/c1-5-13-33-29(9-1)30-10-2-6-14-34(30)37(33)27-21-17-25(18-22-27)26-19-23-28(24-20-26)38-35-15-7-3-11-31(35)32-12-4-8-16-36(32)38/h1-3,5,9-11,13,17,23,26-27,31,35,37-38H,4,6-8,12,14-16,18-22,24H2. The van der Waals surface area contributed by atoms with Crippen molar-refractivity contribution in [1.29, 1.82) is 0 Å². The maximum absolute atomic E-state index is 2.75. The zero-order valence-corrected chi connectivity index (χ0v) is 23.1. The highest BCUT2D eigenvalue weighted by atomic mass is 14.5. The Hall–Kier alpha value is -2.34. The molecule has 8 rings (SSSR count). The van der Waals surface area contributed by atoms with E-state index in [1.807, 2.05) is 22.3 Å². The number of hydrogen-bond donors (Lipinski definition) is 0. The monoisotopic (exact) mass is 500 g/mol. The number of hydrogen-bond acceptors (Lipinski definition) is 0. The lowest BCUT2D eigenvalue weighted by atomic mass is 9.69. The van der Waals surface area contributed by atoms with Crippen LogP contribution >= 0.6 is 0 Å². The van der Waals surface area contributed by atoms with E-state index in [1.54, 1.807) is 16.7 Å². The molecule has 7 aliphatic carbocycles. The van der Waals surface area contributed by atoms with Crippen molar-refractivity contribution in [2.75, 3.05) is 0 Å². The van der Waals surface area contributed by atoms with Crippen molar-refractivity contribution < 1.29 is 0 Å². The van der Waals surface area contributed by atoms with Gasteiger partial charge >= 0.3 is 0 Å². The summed E-state index contributed by atoms with van der Waals surface area (Å²) in [6, 6.07) is 9.31. The summed E-state index contributed by atoms with van der Waals surface area (Å²) in [5.74, 6) is 4.76. The molecule has 0 fully saturated rings. The third-order valence-electron chi connectivity index (χ3n) is 11.7. The Bertz CT molecular complexity index is 1300. The maximum Gasteiger partial charge on any atom is 0.00949 e. The quantitative estimate of drug-likeness (QED) is 0.362. The Kier molecular flexibility index (Phi) is 6.00. The van der Waals surface area contributed by atoms with Gasteiger partial charge in [0.05, 0.1) is 0 Å². The Morgan fingerprint density at radius 1 is 0.658 bits per heavy atom. The Balaban J connectivity index is 0.986. The van der Waals surface area contributed by atoms with Crippen LogP contribution in [0.2, 0.25) is 0 Å². The van der Waals surface area contributed by atoms with Gasteiger partial charge in [-0.25, -0.2) is 0 Å². The van der Waals surface area contributed by atoms with Crippen LogP contribution < -0.4 is 0 Å². The highest BCUT2D eigenvalue weighted by molar-refractivity contribution is 5.85. The Labute approximate surface area is 230 Å². The van der Waals surface area contributed by atoms with Crippen LogP contribution in [-0.2, 0) is 0 Å². The van der Waals surface area contributed by atoms with Gasteiger partial charge in [-0.3, -0.25) is 0 Å². The maximum atomic E-state index is 2.75. The fourth-order valence-corrected chi connectivity index (χ4v) is 10.1. The summed E-state index contributed by atoms with van der Waals surface area (Å²) < 4.78 is 0. The van der Waals surface area contributed by atoms with Crippen LogP contribution in [0.25, 0.3) is 5.57 Å². The lowest BCUT2D eigenvalue weighted by Gasteiger charge is -2.36. The van der Waals surface area contributed by atoms with Gasteiger partial charge in [-0.1, -0.05) is 88.6 Å². The van der Waals surface area contributed by atoms with Gasteiger partial charge in [-0.2, -0.15) is 0 Å². The molecule has 0 bridgehead atoms. The molecule has 0 saturated carbocycles. The van der Waals surface area contributed by atoms with E-state index in [9.17, 15) is 0 Å². The Morgan fingerprint density at radius 2 is 1.53 bits per heavy atom. The van der Waals surface area contributed by atoms with E-state index >= 15 is 0 Å². The fourth-order valence-electron chi connectivity index (χ4n) is 10.1. The molecule has 7 aliphatic rings. The third kappa shape index (κ3) is 3.76. The van der Waals surface area contributed by atoms with Gasteiger partial charge in [0.1, 0.15) is 0 Å². The predicted molar refractivity (Wildman–Crippen MR) is 160 cm³/mol. The summed E-state index contributed by atoms with van der Waals surface area (Å²) in [4.78, 5) is 0. The molecule has 6 atom stereocenters. The first-order chi connectivity index (χ1) is 18.9. The minimum absolute atomic E-state index is 0.666. The molecule has 0 saturated heterocycles. The van der Waals surface area contributed by atoms with E-state index in [0.717, 1.165) is 29.6 Å². The van der Waals surface area contributed by atoms with Crippen LogP contribution in [0.5, 0.6) is 0 Å². The lowest BCUT2D eigenvalue weighted by molar-refractivity contribution is 0.337. The van der Waals surface area contributed by atoms with Crippen LogP contribution in [0, 0.1) is 29.6 Å². The van der Waals surface area contributed by atoms with Crippen molar-refractivity contribution in [2.45, 2.75) is 95.8 Å². The molecule has 196 valence electrons. The third-order valence-corrected chi connectivity index (χ3v) is 11.7. The van der Waals surface area contributed by atoms with Gasteiger partial charge in [0.25, 0.3) is 0 Å². The summed E-state index contributed by atoms with van der Waals surface area (Å²) >= 11 is 0. The molecular formula is C38H44. The summed E-state index contributed by atoms with van der Waals surface area (Å²) in [7, 11) is 0. The molecular weight excluding hydrogens is 456 g/mol. The van der Waals surface area contributed by atoms with E-state index in [0.29, 0.717) is 5.92 Å². The summed E-state index contributed by atoms with van der Waals surface area (Å²) in [5, 5.41) is 0. The first-order valence-electron chi connectivity index (χ1n) is 16.1. The zero-order chi connectivity index (χ0) is 25.1. The minimum Gasteiger partial charge on any atom is -0.0879 e. The average molecular weight is 501 g/mol. The first-order valence-corrected chi connectivity index (χ1v) is 16.1. The highest BCUT2D eigenvalue weighted by Crippen LogP contribution is 2.56. The van der Waals surface area contributed by atoms with E-state index in [-0.39, 0.29) is 0 Å². The second-order valence-electron chi connectivity index (χ2n) is 13.4. The molecule has 0 radical (unpaired) electrons. The second kappa shape index (κ2) is 9.69. The van der Waals surface area contributed by atoms with Gasteiger partial charge in [0, 0.05) is 17.8 Å². The summed E-state index contributed by atoms with van der Waals surface area (Å²) in [5.41, 5.74) is 13.9. The van der Waals surface area contributed by atoms with Crippen LogP contribution in [0.4, 0.5) is 0 Å². The molecule has 6 unspecified atom stereocenters. The molecule has 1 aromatic rings. The first kappa shape index (κ1) is 23.5. The van der Waals surface area contributed by atoms with Gasteiger partial charge in [-0.15, -0.1) is 0 Å². The normalized spacial score (nSPS) is 35.9. The molecule has 38 heavy (non-hydrogen) atoms. The van der Waals surface area contributed by atoms with Crippen molar-refractivity contribution in [3.8, 4) is 0 Å². The fraction of sp³-hybridized carbons (Fsp3) is 0.526. The summed E-state index contributed by atoms with van der Waals surface area (Å²) in [6.07, 6.45) is 34.3. The molecule has 0 aliphatic heterocycles. The van der Waals surface area contributed by atoms with Crippen molar-refractivity contribution in [2.24, 2.45) is 29.6 Å². The molecule has 0 amide bonds. The van der Waals surface area contributed by atoms with E-state index in [1.165, 1.54) is 95.5 Å². The number of fused-ring (bicyclic) bond motifs is 4. The Morgan fingerprint density at radius 3 is 2.39 bits per heavy atom. The molecule has 0 spiro atoms. The zero-order valence-electron chi connectivity index (χ0n) is 23.1. The molecule has 0 heteroatoms. The van der Waals surface area contributed by atoms with Crippen molar-refractivity contribution in [3.63, 3.8) is 0 Å². The SMILES string of the molecule is C1=CC2=C(CC1)C(C1CC=C(C3CC=C(C4C5=C(CCCC5)C5C=CCCC54)CC3)CC1)c1ccccc12. The molecule has 0 aromatic heterocycles. The number of allylic oxidation sites excluding steroid dienone is 12. The van der Waals surface area contributed by atoms with E-state index in [2.05, 4.69) is 60.7 Å². The van der Waals surface area contributed by atoms with Crippen LogP contribution in [0.1, 0.15) is 107 Å². The second-order valence-corrected chi connectivity index (χ2v) is 13.4. The largest absolute Gasteiger partial charge is 0.0879 e. The van der Waals surface area contributed by atoms with Crippen LogP contribution in [0.3, 0.4) is 0 Å². The van der Waals surface area contributed by atoms with Gasteiger partial charge in [0.2, 0.25) is 0 Å². The van der Waals surface area contributed by atoms with Crippen molar-refractivity contribution >= 4 is 5.57 Å². The summed E-state index contributed by atoms with van der Waals surface area (Å²) in [6.45, 7) is 0. The van der Waals surface area contributed by atoms with Crippen LogP contribution in [0.15, 0.2) is 88.6 Å². The highest BCUT2D eigenvalue weighted by Gasteiger charge is 2.44.